The quantitative estimate of drug-likeness (QED) is 0.341. The molecule has 0 radical (unpaired) electrons. The van der Waals surface area contributed by atoms with E-state index in [0.717, 1.165) is 35.6 Å². The Morgan fingerprint density at radius 2 is 1.97 bits per heavy atom. The maximum atomic E-state index is 12.9. The van der Waals surface area contributed by atoms with E-state index >= 15 is 0 Å². The molecule has 12 heteroatoms. The molecule has 2 aliphatic rings. The van der Waals surface area contributed by atoms with Gasteiger partial charge >= 0.3 is 0 Å². The lowest BCUT2D eigenvalue weighted by atomic mass is 10.1. The second-order valence-corrected chi connectivity index (χ2v) is 11.4. The van der Waals surface area contributed by atoms with Crippen LogP contribution >= 0.6 is 23.4 Å². The minimum atomic E-state index is -0.401. The van der Waals surface area contributed by atoms with Gasteiger partial charge in [-0.05, 0) is 24.3 Å². The Morgan fingerprint density at radius 3 is 2.70 bits per heavy atom. The number of aromatic nitrogens is 4. The van der Waals surface area contributed by atoms with Gasteiger partial charge in [0.05, 0.1) is 37.3 Å². The number of anilines is 2. The third-order valence-electron chi connectivity index (χ3n) is 6.36. The van der Waals surface area contributed by atoms with Crippen LogP contribution in [0.3, 0.4) is 0 Å². The average molecular weight is 544 g/mol. The highest BCUT2D eigenvalue weighted by Gasteiger charge is 2.35. The number of carbonyl (C=O) groups excluding carboxylic acids is 2. The maximum absolute atomic E-state index is 12.9. The molecule has 2 aromatic heterocycles. The molecular weight excluding hydrogens is 514 g/mol. The van der Waals surface area contributed by atoms with Crippen molar-refractivity contribution in [2.24, 2.45) is 5.92 Å². The molecule has 2 aliphatic heterocycles. The van der Waals surface area contributed by atoms with Crippen molar-refractivity contribution < 1.29 is 14.3 Å². The fourth-order valence-corrected chi connectivity index (χ4v) is 5.37. The third-order valence-corrected chi connectivity index (χ3v) is 7.48. The van der Waals surface area contributed by atoms with Gasteiger partial charge in [-0.3, -0.25) is 9.59 Å². The molecule has 2 amide bonds. The van der Waals surface area contributed by atoms with Gasteiger partial charge in [-0.25, -0.2) is 14.6 Å². The monoisotopic (exact) mass is 543 g/mol. The van der Waals surface area contributed by atoms with Gasteiger partial charge in [0.25, 0.3) is 0 Å². The van der Waals surface area contributed by atoms with Crippen molar-refractivity contribution in [1.82, 2.24) is 25.1 Å². The first-order chi connectivity index (χ1) is 17.9. The molecule has 0 aliphatic carbocycles. The number of thioether (sulfide) groups is 1. The van der Waals surface area contributed by atoms with Crippen LogP contribution < -0.4 is 15.1 Å². The van der Waals surface area contributed by atoms with Crippen molar-refractivity contribution in [3.8, 4) is 0 Å². The second-order valence-electron chi connectivity index (χ2n) is 9.37. The number of hydrogen-bond acceptors (Lipinski definition) is 8. The van der Waals surface area contributed by atoms with Crippen molar-refractivity contribution in [2.45, 2.75) is 37.2 Å². The predicted octanol–water partition coefficient (Wildman–Crippen LogP) is 2.99. The summed E-state index contributed by atoms with van der Waals surface area (Å²) in [7, 11) is 0. The van der Waals surface area contributed by atoms with Crippen LogP contribution in [-0.4, -0.2) is 76.2 Å². The zero-order valence-electron chi connectivity index (χ0n) is 20.9. The minimum absolute atomic E-state index is 0.0666. The zero-order valence-corrected chi connectivity index (χ0v) is 22.5. The summed E-state index contributed by atoms with van der Waals surface area (Å²) in [4.78, 5) is 38.9. The summed E-state index contributed by atoms with van der Waals surface area (Å²) in [5, 5.41) is 10.1. The molecule has 3 aromatic rings. The van der Waals surface area contributed by atoms with E-state index in [2.05, 4.69) is 29.2 Å². The number of hydrogen-bond donors (Lipinski definition) is 1. The number of rotatable bonds is 8. The van der Waals surface area contributed by atoms with Gasteiger partial charge in [-0.2, -0.15) is 5.10 Å². The van der Waals surface area contributed by atoms with E-state index in [0.29, 0.717) is 48.3 Å². The number of carbonyl (C=O) groups is 2. The van der Waals surface area contributed by atoms with Gasteiger partial charge in [0, 0.05) is 48.6 Å². The summed E-state index contributed by atoms with van der Waals surface area (Å²) in [6.45, 7) is 8.28. The maximum Gasteiger partial charge on any atom is 0.227 e. The number of ether oxygens (including phenoxy) is 1. The lowest BCUT2D eigenvalue weighted by Gasteiger charge is -2.28. The van der Waals surface area contributed by atoms with Crippen LogP contribution in [0, 0.1) is 5.92 Å². The molecule has 0 saturated carbocycles. The van der Waals surface area contributed by atoms with E-state index in [-0.39, 0.29) is 18.2 Å². The van der Waals surface area contributed by atoms with Crippen LogP contribution in [0.25, 0.3) is 11.0 Å². The van der Waals surface area contributed by atoms with Crippen molar-refractivity contribution in [1.29, 1.82) is 0 Å². The molecule has 1 atom stereocenters. The second kappa shape index (κ2) is 11.2. The highest BCUT2D eigenvalue weighted by molar-refractivity contribution is 7.99. The Kier molecular flexibility index (Phi) is 7.82. The van der Waals surface area contributed by atoms with E-state index in [9.17, 15) is 9.59 Å². The normalized spacial score (nSPS) is 18.3. The number of benzene rings is 1. The predicted molar refractivity (Wildman–Crippen MR) is 144 cm³/mol. The van der Waals surface area contributed by atoms with E-state index in [4.69, 9.17) is 26.3 Å². The van der Waals surface area contributed by atoms with Crippen molar-refractivity contribution >= 4 is 57.7 Å². The minimum Gasteiger partial charge on any atom is -0.378 e. The third kappa shape index (κ3) is 5.83. The first-order valence-corrected chi connectivity index (χ1v) is 13.7. The fraction of sp³-hybridized carbons (Fsp3) is 0.480. The number of fused-ring (bicyclic) bond motifs is 1. The SMILES string of the molecule is CC(C)Sc1nc(N2CCOCC2)c2cnn(CCNC(=O)C3CC(=O)N(c4ccc(Cl)cc4)C3)c2n1. The number of morpholine rings is 1. The first kappa shape index (κ1) is 25.7. The molecule has 5 rings (SSSR count). The molecule has 10 nitrogen and oxygen atoms in total. The van der Waals surface area contributed by atoms with Crippen LogP contribution in [0.2, 0.25) is 5.02 Å². The number of nitrogens with one attached hydrogen (secondary N) is 1. The summed E-state index contributed by atoms with van der Waals surface area (Å²) >= 11 is 7.57. The molecule has 196 valence electrons. The highest BCUT2D eigenvalue weighted by atomic mass is 35.5. The lowest BCUT2D eigenvalue weighted by Crippen LogP contribution is -2.37. The number of halogens is 1. The standard InChI is InChI=1S/C25H30ClN7O3S/c1-16(2)37-25-29-22(31-9-11-36-12-10-31)20-14-28-33(23(20)30-25)8-7-27-24(35)17-13-21(34)32(15-17)19-5-3-18(26)4-6-19/h3-6,14,16-17H,7-13,15H2,1-2H3,(H,27,35). The molecule has 0 spiro atoms. The summed E-state index contributed by atoms with van der Waals surface area (Å²) in [5.74, 6) is 0.268. The molecule has 1 N–H and O–H groups in total. The van der Waals surface area contributed by atoms with Crippen molar-refractivity contribution in [3.05, 3.63) is 35.5 Å². The van der Waals surface area contributed by atoms with E-state index in [1.54, 1.807) is 47.1 Å². The van der Waals surface area contributed by atoms with E-state index in [1.165, 1.54) is 0 Å². The van der Waals surface area contributed by atoms with Gasteiger partial charge < -0.3 is 19.9 Å². The van der Waals surface area contributed by atoms with Gasteiger partial charge in [0.15, 0.2) is 10.8 Å². The largest absolute Gasteiger partial charge is 0.378 e. The Morgan fingerprint density at radius 1 is 1.22 bits per heavy atom. The van der Waals surface area contributed by atoms with E-state index < -0.39 is 5.92 Å². The lowest BCUT2D eigenvalue weighted by molar-refractivity contribution is -0.126. The van der Waals surface area contributed by atoms with Gasteiger partial charge in [-0.15, -0.1) is 0 Å². The van der Waals surface area contributed by atoms with Gasteiger partial charge in [0.2, 0.25) is 11.8 Å². The Hall–Kier alpha value is -2.89. The van der Waals surface area contributed by atoms with Crippen LogP contribution in [0.4, 0.5) is 11.5 Å². The number of nitrogens with zero attached hydrogens (tertiary/aromatic N) is 6. The summed E-state index contributed by atoms with van der Waals surface area (Å²) in [6, 6.07) is 7.07. The van der Waals surface area contributed by atoms with Crippen LogP contribution in [0.15, 0.2) is 35.6 Å². The van der Waals surface area contributed by atoms with E-state index in [1.807, 2.05) is 4.68 Å². The first-order valence-electron chi connectivity index (χ1n) is 12.5. The fourth-order valence-electron chi connectivity index (χ4n) is 4.55. The van der Waals surface area contributed by atoms with Gasteiger partial charge in [0.1, 0.15) is 5.82 Å². The molecular formula is C25H30ClN7O3S. The zero-order chi connectivity index (χ0) is 25.9. The highest BCUT2D eigenvalue weighted by Crippen LogP contribution is 2.29. The summed E-state index contributed by atoms with van der Waals surface area (Å²) in [6.07, 6.45) is 1.98. The molecule has 2 fully saturated rings. The Labute approximate surface area is 224 Å². The van der Waals surface area contributed by atoms with Crippen LogP contribution in [0.5, 0.6) is 0 Å². The smallest absolute Gasteiger partial charge is 0.227 e. The molecule has 1 unspecified atom stereocenters. The molecule has 2 saturated heterocycles. The van der Waals surface area contributed by atoms with Gasteiger partial charge in [-0.1, -0.05) is 37.2 Å². The Balaban J connectivity index is 1.25. The average Bonchev–Trinajstić information content (AvgIpc) is 3.48. The Bertz CT molecular complexity index is 1280. The molecule has 4 heterocycles. The number of amides is 2. The molecule has 0 bridgehead atoms. The topological polar surface area (TPSA) is 105 Å². The molecule has 37 heavy (non-hydrogen) atoms. The summed E-state index contributed by atoms with van der Waals surface area (Å²) < 4.78 is 7.32. The van der Waals surface area contributed by atoms with Crippen LogP contribution in [0.1, 0.15) is 20.3 Å². The molecule has 1 aromatic carbocycles. The van der Waals surface area contributed by atoms with Crippen molar-refractivity contribution in [3.63, 3.8) is 0 Å². The van der Waals surface area contributed by atoms with Crippen LogP contribution in [-0.2, 0) is 20.9 Å². The van der Waals surface area contributed by atoms with Crippen molar-refractivity contribution in [2.75, 3.05) is 49.2 Å². The summed E-state index contributed by atoms with van der Waals surface area (Å²) in [5.41, 5.74) is 1.50.